The molecule has 0 N–H and O–H groups in total. The van der Waals surface area contributed by atoms with E-state index in [1.54, 1.807) is 6.07 Å². The minimum absolute atomic E-state index is 0.302. The van der Waals surface area contributed by atoms with Crippen molar-refractivity contribution in [1.29, 1.82) is 0 Å². The van der Waals surface area contributed by atoms with Crippen molar-refractivity contribution in [2.45, 2.75) is 19.5 Å². The fourth-order valence-electron chi connectivity index (χ4n) is 2.30. The van der Waals surface area contributed by atoms with E-state index in [-0.39, 0.29) is 0 Å². The van der Waals surface area contributed by atoms with Gasteiger partial charge in [0.05, 0.1) is 14.8 Å². The molecule has 22 heavy (non-hydrogen) atoms. The van der Waals surface area contributed by atoms with Gasteiger partial charge in [0.1, 0.15) is 0 Å². The van der Waals surface area contributed by atoms with Gasteiger partial charge >= 0.3 is 6.18 Å². The zero-order valence-electron chi connectivity index (χ0n) is 11.5. The average molecular weight is 417 g/mol. The van der Waals surface area contributed by atoms with Gasteiger partial charge in [-0.1, -0.05) is 29.4 Å². The third-order valence-corrected chi connectivity index (χ3v) is 4.81. The van der Waals surface area contributed by atoms with Gasteiger partial charge in [-0.25, -0.2) is 0 Å². The number of benzene rings is 2. The zero-order valence-corrected chi connectivity index (χ0v) is 13.7. The second-order valence-corrected chi connectivity index (χ2v) is 6.16. The van der Waals surface area contributed by atoms with E-state index in [2.05, 4.69) is 27.7 Å². The molecule has 1 aromatic heterocycles. The topological polar surface area (TPSA) is 26.0 Å². The molecule has 0 aliphatic heterocycles. The van der Waals surface area contributed by atoms with Crippen LogP contribution in [-0.4, -0.2) is 5.16 Å². The van der Waals surface area contributed by atoms with E-state index in [4.69, 9.17) is 4.52 Å². The minimum atomic E-state index is -4.34. The molecule has 0 bridgehead atoms. The maximum atomic E-state index is 12.8. The largest absolute Gasteiger partial charge is 0.416 e. The highest BCUT2D eigenvalue weighted by molar-refractivity contribution is 14.1. The van der Waals surface area contributed by atoms with Crippen molar-refractivity contribution in [2.75, 3.05) is 0 Å². The lowest BCUT2D eigenvalue weighted by Gasteiger charge is -2.08. The third-order valence-electron chi connectivity index (χ3n) is 3.47. The van der Waals surface area contributed by atoms with E-state index >= 15 is 0 Å². The lowest BCUT2D eigenvalue weighted by Crippen LogP contribution is -2.05. The molecule has 0 amide bonds. The number of rotatable bonds is 2. The Kier molecular flexibility index (Phi) is 3.88. The molecule has 0 radical (unpaired) electrons. The summed E-state index contributed by atoms with van der Waals surface area (Å²) in [6.07, 6.45) is -4.04. The van der Waals surface area contributed by atoms with Crippen LogP contribution in [-0.2, 0) is 12.6 Å². The summed E-state index contributed by atoms with van der Waals surface area (Å²) in [6, 6.07) is 9.14. The van der Waals surface area contributed by atoms with Gasteiger partial charge in [0.2, 0.25) is 0 Å². The highest BCUT2D eigenvalue weighted by atomic mass is 127. The molecule has 6 heteroatoms. The number of alkyl halides is 3. The molecule has 0 spiro atoms. The Hall–Kier alpha value is -1.57. The molecule has 1 heterocycles. The van der Waals surface area contributed by atoms with Crippen LogP contribution < -0.4 is 0 Å². The molecule has 0 fully saturated rings. The Morgan fingerprint density at radius 3 is 2.68 bits per heavy atom. The first-order valence-corrected chi connectivity index (χ1v) is 7.63. The van der Waals surface area contributed by atoms with E-state index in [1.807, 2.05) is 19.1 Å². The van der Waals surface area contributed by atoms with E-state index in [1.165, 1.54) is 6.07 Å². The molecule has 3 rings (SSSR count). The van der Waals surface area contributed by atoms with E-state index < -0.39 is 11.7 Å². The van der Waals surface area contributed by atoms with Gasteiger partial charge in [-0.05, 0) is 52.8 Å². The summed E-state index contributed by atoms with van der Waals surface area (Å²) in [6.45, 7) is 1.97. The molecule has 2 aromatic carbocycles. The standard InChI is InChI=1S/C16H11F3INO/c1-9-5-6-12-13(21-22-15(12)14(9)20)8-10-3-2-4-11(7-10)16(17,18)19/h2-7H,8H2,1H3. The maximum Gasteiger partial charge on any atom is 0.416 e. The quantitative estimate of drug-likeness (QED) is 0.526. The number of hydrogen-bond acceptors (Lipinski definition) is 2. The summed E-state index contributed by atoms with van der Waals surface area (Å²) in [5.74, 6) is 0. The number of halogens is 4. The minimum Gasteiger partial charge on any atom is -0.355 e. The monoisotopic (exact) mass is 417 g/mol. The molecule has 3 aromatic rings. The first kappa shape index (κ1) is 15.3. The first-order chi connectivity index (χ1) is 10.4. The highest BCUT2D eigenvalue weighted by Crippen LogP contribution is 2.31. The van der Waals surface area contributed by atoms with Gasteiger partial charge in [0.15, 0.2) is 5.58 Å². The van der Waals surface area contributed by atoms with Crippen LogP contribution in [0.25, 0.3) is 11.0 Å². The predicted octanol–water partition coefficient (Wildman–Crippen LogP) is 5.35. The second kappa shape index (κ2) is 5.57. The van der Waals surface area contributed by atoms with Crippen molar-refractivity contribution in [3.63, 3.8) is 0 Å². The molecule has 2 nitrogen and oxygen atoms in total. The van der Waals surface area contributed by atoms with Gasteiger partial charge in [-0.3, -0.25) is 0 Å². The summed E-state index contributed by atoms with van der Waals surface area (Å²) in [5, 5.41) is 4.86. The van der Waals surface area contributed by atoms with Crippen molar-refractivity contribution in [3.05, 3.63) is 62.4 Å². The Bertz CT molecular complexity index is 839. The molecular weight excluding hydrogens is 406 g/mol. The second-order valence-electron chi connectivity index (χ2n) is 5.08. The fourth-order valence-corrected chi connectivity index (χ4v) is 2.87. The van der Waals surface area contributed by atoms with Gasteiger partial charge in [0, 0.05) is 11.8 Å². The van der Waals surface area contributed by atoms with Gasteiger partial charge in [-0.15, -0.1) is 0 Å². The summed E-state index contributed by atoms with van der Waals surface area (Å²) in [7, 11) is 0. The van der Waals surface area contributed by atoms with Crippen LogP contribution in [0.5, 0.6) is 0 Å². The molecule has 0 aliphatic rings. The van der Waals surface area contributed by atoms with Crippen LogP contribution in [0.2, 0.25) is 0 Å². The SMILES string of the molecule is Cc1ccc2c(Cc3cccc(C(F)(F)F)c3)noc2c1I. The molecule has 0 saturated carbocycles. The summed E-state index contributed by atoms with van der Waals surface area (Å²) >= 11 is 2.18. The molecular formula is C16H11F3INO. The van der Waals surface area contributed by atoms with Crippen LogP contribution >= 0.6 is 22.6 Å². The van der Waals surface area contributed by atoms with Crippen LogP contribution in [0.3, 0.4) is 0 Å². The maximum absolute atomic E-state index is 12.8. The van der Waals surface area contributed by atoms with Crippen molar-refractivity contribution < 1.29 is 17.7 Å². The van der Waals surface area contributed by atoms with E-state index in [0.29, 0.717) is 23.3 Å². The number of hydrogen-bond donors (Lipinski definition) is 0. The Morgan fingerprint density at radius 1 is 1.18 bits per heavy atom. The summed E-state index contributed by atoms with van der Waals surface area (Å²) in [4.78, 5) is 0. The van der Waals surface area contributed by atoms with Crippen LogP contribution in [0, 0.1) is 10.5 Å². The van der Waals surface area contributed by atoms with Crippen molar-refractivity contribution >= 4 is 33.6 Å². The van der Waals surface area contributed by atoms with Gasteiger partial charge < -0.3 is 4.52 Å². The molecule has 0 saturated heterocycles. The zero-order chi connectivity index (χ0) is 15.9. The van der Waals surface area contributed by atoms with Crippen LogP contribution in [0.15, 0.2) is 40.9 Å². The fraction of sp³-hybridized carbons (Fsp3) is 0.188. The van der Waals surface area contributed by atoms with Gasteiger partial charge in [0.25, 0.3) is 0 Å². The average Bonchev–Trinajstić information content (AvgIpc) is 2.86. The van der Waals surface area contributed by atoms with E-state index in [9.17, 15) is 13.2 Å². The Balaban J connectivity index is 1.99. The lowest BCUT2D eigenvalue weighted by molar-refractivity contribution is -0.137. The van der Waals surface area contributed by atoms with Gasteiger partial charge in [-0.2, -0.15) is 13.2 Å². The normalized spacial score (nSPS) is 12.0. The number of aromatic nitrogens is 1. The Labute approximate surface area is 138 Å². The lowest BCUT2D eigenvalue weighted by atomic mass is 10.0. The predicted molar refractivity (Wildman–Crippen MR) is 85.7 cm³/mol. The first-order valence-electron chi connectivity index (χ1n) is 6.56. The molecule has 0 unspecified atom stereocenters. The van der Waals surface area contributed by atoms with Crippen molar-refractivity contribution in [1.82, 2.24) is 5.16 Å². The number of nitrogens with zero attached hydrogens (tertiary/aromatic N) is 1. The number of aryl methyl sites for hydroxylation is 1. The highest BCUT2D eigenvalue weighted by Gasteiger charge is 2.30. The molecule has 0 aliphatic carbocycles. The van der Waals surface area contributed by atoms with Crippen molar-refractivity contribution in [3.8, 4) is 0 Å². The smallest absolute Gasteiger partial charge is 0.355 e. The van der Waals surface area contributed by atoms with E-state index in [0.717, 1.165) is 26.7 Å². The summed E-state index contributed by atoms with van der Waals surface area (Å²) < 4.78 is 44.6. The van der Waals surface area contributed by atoms with Crippen LogP contribution in [0.1, 0.15) is 22.4 Å². The summed E-state index contributed by atoms with van der Waals surface area (Å²) in [5.41, 5.74) is 2.31. The Morgan fingerprint density at radius 2 is 1.95 bits per heavy atom. The third kappa shape index (κ3) is 2.84. The van der Waals surface area contributed by atoms with Crippen molar-refractivity contribution in [2.24, 2.45) is 0 Å². The number of fused-ring (bicyclic) bond motifs is 1. The molecule has 0 atom stereocenters. The molecule has 114 valence electrons. The van der Waals surface area contributed by atoms with Crippen LogP contribution in [0.4, 0.5) is 13.2 Å².